The summed E-state index contributed by atoms with van der Waals surface area (Å²) in [4.78, 5) is 11.0. The predicted molar refractivity (Wildman–Crippen MR) is 55.5 cm³/mol. The van der Waals surface area contributed by atoms with Gasteiger partial charge < -0.3 is 0 Å². The predicted octanol–water partition coefficient (Wildman–Crippen LogP) is 1.74. The van der Waals surface area contributed by atoms with E-state index < -0.39 is 4.92 Å². The van der Waals surface area contributed by atoms with Gasteiger partial charge in [-0.25, -0.2) is 0 Å². The van der Waals surface area contributed by atoms with Gasteiger partial charge in [-0.2, -0.15) is 4.37 Å². The lowest BCUT2D eigenvalue weighted by molar-refractivity contribution is -0.384. The zero-order valence-corrected chi connectivity index (χ0v) is 8.72. The maximum absolute atomic E-state index is 10.7. The van der Waals surface area contributed by atoms with Gasteiger partial charge in [-0.3, -0.25) is 14.5 Å². The van der Waals surface area contributed by atoms with Crippen molar-refractivity contribution in [1.82, 2.24) is 4.37 Å². The second-order valence-corrected chi connectivity index (χ2v) is 4.38. The van der Waals surface area contributed by atoms with E-state index in [-0.39, 0.29) is 5.69 Å². The molecule has 5 nitrogen and oxygen atoms in total. The number of nitrogens with zero attached hydrogens (tertiary/aromatic N) is 2. The lowest BCUT2D eigenvalue weighted by Crippen LogP contribution is -2.04. The average molecular weight is 229 g/mol. The lowest BCUT2D eigenvalue weighted by atomic mass is 10.2. The van der Waals surface area contributed by atoms with Gasteiger partial charge in [0.1, 0.15) is 6.07 Å². The van der Waals surface area contributed by atoms with E-state index in [1.807, 2.05) is 0 Å². The summed E-state index contributed by atoms with van der Waals surface area (Å²) < 4.78 is 8.94. The summed E-state index contributed by atoms with van der Waals surface area (Å²) in [5.41, 5.74) is 0.920. The zero-order chi connectivity index (χ0) is 10.1. The number of aromatic nitrogens is 1. The van der Waals surface area contributed by atoms with Gasteiger partial charge in [-0.05, 0) is 0 Å². The van der Waals surface area contributed by atoms with Crippen molar-refractivity contribution in [3.8, 4) is 10.6 Å². The van der Waals surface area contributed by atoms with Gasteiger partial charge in [0, 0.05) is 10.5 Å². The van der Waals surface area contributed by atoms with Crippen LogP contribution in [0.5, 0.6) is 0 Å². The second-order valence-electron chi connectivity index (χ2n) is 2.50. The van der Waals surface area contributed by atoms with Crippen molar-refractivity contribution in [2.24, 2.45) is 0 Å². The second kappa shape index (κ2) is 3.43. The Labute approximate surface area is 86.0 Å². The fraction of sp³-hybridized carbons (Fsp3) is 0.143. The molecule has 0 amide bonds. The van der Waals surface area contributed by atoms with Crippen LogP contribution in [0.1, 0.15) is 0 Å². The molecule has 2 rings (SSSR count). The van der Waals surface area contributed by atoms with Crippen LogP contribution < -0.4 is 5.43 Å². The van der Waals surface area contributed by atoms with Gasteiger partial charge in [0.15, 0.2) is 5.69 Å². The van der Waals surface area contributed by atoms with E-state index >= 15 is 0 Å². The molecule has 14 heavy (non-hydrogen) atoms. The smallest absolute Gasteiger partial charge is 0.258 e. The Morgan fingerprint density at radius 1 is 1.57 bits per heavy atom. The van der Waals surface area contributed by atoms with Gasteiger partial charge in [0.05, 0.1) is 15.9 Å². The third-order valence-electron chi connectivity index (χ3n) is 1.72. The van der Waals surface area contributed by atoms with E-state index in [0.29, 0.717) is 11.1 Å². The largest absolute Gasteiger partial charge is 0.351 e. The molecule has 0 bridgehead atoms. The molecule has 0 aromatic heterocycles. The van der Waals surface area contributed by atoms with Crippen molar-refractivity contribution in [1.29, 1.82) is 0 Å². The van der Waals surface area contributed by atoms with Crippen LogP contribution in [0.25, 0.3) is 10.6 Å². The minimum atomic E-state index is -0.447. The quantitative estimate of drug-likeness (QED) is 0.324. The van der Waals surface area contributed by atoms with Crippen LogP contribution in [0.15, 0.2) is 16.6 Å². The number of hydrogen-bond donors (Lipinski definition) is 0. The number of nitro benzene ring substituents is 1. The highest BCUT2D eigenvalue weighted by Gasteiger charge is 2.23. The van der Waals surface area contributed by atoms with Crippen LogP contribution in [0.2, 0.25) is 0 Å². The molecule has 72 valence electrons. The summed E-state index contributed by atoms with van der Waals surface area (Å²) in [5.74, 6) is 0. The highest BCUT2D eigenvalue weighted by atomic mass is 32.9. The molecule has 1 heterocycles. The molecule has 0 saturated carbocycles. The zero-order valence-electron chi connectivity index (χ0n) is 7.09. The number of nitro groups is 1. The van der Waals surface area contributed by atoms with Crippen LogP contribution in [-0.2, 0) is 0 Å². The first-order chi connectivity index (χ1) is 6.72. The number of fused-ring (bicyclic) bond motifs is 1. The summed E-state index contributed by atoms with van der Waals surface area (Å²) in [6.07, 6.45) is 0. The van der Waals surface area contributed by atoms with Crippen molar-refractivity contribution in [2.45, 2.75) is 0 Å². The van der Waals surface area contributed by atoms with E-state index in [4.69, 9.17) is 4.42 Å². The number of benzene rings is 1. The molecular formula is C7H5N2O3S2+. The molecule has 0 unspecified atom stereocenters. The standard InChI is InChI=1S/C7H5N2O3S2/c1-12-4-2-5(9(10)11)7-6(3-4)13-14-8-7/h2-3H,1H3/q+1. The Morgan fingerprint density at radius 2 is 2.36 bits per heavy atom. The van der Waals surface area contributed by atoms with Gasteiger partial charge in [-0.15, -0.1) is 0 Å². The number of hydrogen-bond acceptors (Lipinski definition) is 5. The molecule has 0 N–H and O–H groups in total. The van der Waals surface area contributed by atoms with E-state index in [2.05, 4.69) is 4.37 Å². The van der Waals surface area contributed by atoms with Crippen LogP contribution in [0.3, 0.4) is 0 Å². The first-order valence-corrected chi connectivity index (χ1v) is 5.74. The van der Waals surface area contributed by atoms with Gasteiger partial charge in [0.2, 0.25) is 0 Å². The molecule has 1 aliphatic heterocycles. The summed E-state index contributed by atoms with van der Waals surface area (Å²) in [6.45, 7) is 0. The van der Waals surface area contributed by atoms with E-state index in [0.717, 1.165) is 4.88 Å². The maximum Gasteiger partial charge on any atom is 0.351 e. The number of rotatable bonds is 1. The molecule has 0 atom stereocenters. The first-order valence-electron chi connectivity index (χ1n) is 3.63. The third-order valence-corrected chi connectivity index (χ3v) is 3.52. The highest BCUT2D eigenvalue weighted by molar-refractivity contribution is 7.68. The molecule has 0 saturated heterocycles. The molecule has 0 aromatic carbocycles. The van der Waals surface area contributed by atoms with Gasteiger partial charge >= 0.3 is 11.1 Å². The monoisotopic (exact) mass is 229 g/mol. The SMILES string of the molecule is C[O+]=c1cc2ssnc-2c([N+](=O)[O-])c1. The average Bonchev–Trinajstić information content (AvgIpc) is 2.63. The minimum Gasteiger partial charge on any atom is -0.258 e. The fourth-order valence-electron chi connectivity index (χ4n) is 1.08. The van der Waals surface area contributed by atoms with E-state index in [1.165, 1.54) is 34.1 Å². The molecule has 0 aromatic rings. The summed E-state index contributed by atoms with van der Waals surface area (Å²) >= 11 is 0. The highest BCUT2D eigenvalue weighted by Crippen LogP contribution is 2.33. The van der Waals surface area contributed by atoms with Crippen molar-refractivity contribution in [3.05, 3.63) is 32.1 Å². The van der Waals surface area contributed by atoms with Crippen LogP contribution in [-0.4, -0.2) is 16.4 Å². The molecule has 1 aliphatic carbocycles. The van der Waals surface area contributed by atoms with E-state index in [1.54, 1.807) is 6.07 Å². The first kappa shape index (κ1) is 9.22. The van der Waals surface area contributed by atoms with Crippen LogP contribution >= 0.6 is 20.9 Å². The molecule has 0 radical (unpaired) electrons. The Kier molecular flexibility index (Phi) is 2.26. The van der Waals surface area contributed by atoms with Gasteiger partial charge in [-0.1, -0.05) is 10.3 Å². The summed E-state index contributed by atoms with van der Waals surface area (Å²) in [5, 5.41) is 10.7. The minimum absolute atomic E-state index is 0.00292. The summed E-state index contributed by atoms with van der Waals surface area (Å²) in [7, 11) is 4.11. The molecule has 7 heteroatoms. The van der Waals surface area contributed by atoms with Crippen LogP contribution in [0.4, 0.5) is 5.69 Å². The normalized spacial score (nSPS) is 12.2. The Bertz CT molecular complexity index is 516. The van der Waals surface area contributed by atoms with Crippen molar-refractivity contribution >= 4 is 26.6 Å². The van der Waals surface area contributed by atoms with E-state index in [9.17, 15) is 10.1 Å². The van der Waals surface area contributed by atoms with Crippen LogP contribution in [0, 0.1) is 10.1 Å². The fourth-order valence-corrected chi connectivity index (χ4v) is 2.87. The van der Waals surface area contributed by atoms with Crippen molar-refractivity contribution < 1.29 is 4.92 Å². The lowest BCUT2D eigenvalue weighted by Gasteiger charge is -1.92. The molecule has 0 spiro atoms. The van der Waals surface area contributed by atoms with Gasteiger partial charge in [0.25, 0.3) is 7.11 Å². The summed E-state index contributed by atoms with van der Waals surface area (Å²) in [6, 6.07) is 3.13. The van der Waals surface area contributed by atoms with Crippen molar-refractivity contribution in [3.63, 3.8) is 0 Å². The molecular weight excluding hydrogens is 224 g/mol. The maximum atomic E-state index is 10.7. The molecule has 2 aliphatic rings. The Morgan fingerprint density at radius 3 is 3.00 bits per heavy atom. The Balaban J connectivity index is 2.83. The third kappa shape index (κ3) is 1.40. The topological polar surface area (TPSA) is 67.3 Å². The molecule has 0 fully saturated rings. The Hall–Kier alpha value is -1.34. The van der Waals surface area contributed by atoms with Crippen molar-refractivity contribution in [2.75, 3.05) is 7.11 Å².